The van der Waals surface area contributed by atoms with Crippen LogP contribution in [0.25, 0.3) is 0 Å². The maximum Gasteiger partial charge on any atom is 0.252 e. The van der Waals surface area contributed by atoms with Crippen LogP contribution >= 0.6 is 15.9 Å². The molecule has 4 heteroatoms. The summed E-state index contributed by atoms with van der Waals surface area (Å²) >= 11 is 3.46. The summed E-state index contributed by atoms with van der Waals surface area (Å²) in [6.07, 6.45) is 2.46. The molecule has 0 spiro atoms. The van der Waals surface area contributed by atoms with Crippen LogP contribution in [0.4, 0.5) is 0 Å². The van der Waals surface area contributed by atoms with E-state index in [-0.39, 0.29) is 5.91 Å². The van der Waals surface area contributed by atoms with Gasteiger partial charge in [-0.25, -0.2) is 0 Å². The number of carbonyl (C=O) groups excluding carboxylic acids is 1. The monoisotopic (exact) mass is 359 g/mol. The lowest BCUT2D eigenvalue weighted by molar-refractivity contribution is 0.0951. The van der Waals surface area contributed by atoms with Crippen molar-refractivity contribution >= 4 is 21.8 Å². The molecular formula is C18H18BrNO2. The Morgan fingerprint density at radius 2 is 1.95 bits per heavy atom. The smallest absolute Gasteiger partial charge is 0.252 e. The summed E-state index contributed by atoms with van der Waals surface area (Å²) in [4.78, 5) is 12.1. The average Bonchev–Trinajstić information content (AvgIpc) is 3.36. The number of rotatable bonds is 6. The Bertz CT molecular complexity index is 653. The second-order valence-electron chi connectivity index (χ2n) is 5.57. The molecule has 0 atom stereocenters. The number of nitrogens with one attached hydrogen (secondary N) is 1. The van der Waals surface area contributed by atoms with E-state index in [1.54, 1.807) is 6.07 Å². The van der Waals surface area contributed by atoms with E-state index >= 15 is 0 Å². The summed E-state index contributed by atoms with van der Waals surface area (Å²) < 4.78 is 6.51. The van der Waals surface area contributed by atoms with Crippen molar-refractivity contribution in [1.82, 2.24) is 5.32 Å². The summed E-state index contributed by atoms with van der Waals surface area (Å²) in [5.41, 5.74) is 1.76. The Morgan fingerprint density at radius 3 is 2.64 bits per heavy atom. The molecule has 22 heavy (non-hydrogen) atoms. The number of hydrogen-bond acceptors (Lipinski definition) is 2. The molecule has 2 aromatic carbocycles. The standard InChI is InChI=1S/C18H18BrNO2/c19-17-10-15(22-12-14-4-2-1-3-5-14)8-9-16(17)18(21)20-11-13-6-7-13/h1-5,8-10,13H,6-7,11-12H2,(H,20,21). The molecular weight excluding hydrogens is 342 g/mol. The normalized spacial score (nSPS) is 13.7. The molecule has 0 heterocycles. The minimum Gasteiger partial charge on any atom is -0.489 e. The third-order valence-corrected chi connectivity index (χ3v) is 4.34. The molecule has 0 aromatic heterocycles. The highest BCUT2D eigenvalue weighted by Crippen LogP contribution is 2.28. The Balaban J connectivity index is 1.59. The van der Waals surface area contributed by atoms with Gasteiger partial charge in [0.1, 0.15) is 12.4 Å². The third-order valence-electron chi connectivity index (χ3n) is 3.68. The van der Waals surface area contributed by atoms with Crippen LogP contribution in [-0.2, 0) is 6.61 Å². The van der Waals surface area contributed by atoms with Gasteiger partial charge in [0.2, 0.25) is 0 Å². The van der Waals surface area contributed by atoms with Gasteiger partial charge in [0.15, 0.2) is 0 Å². The van der Waals surface area contributed by atoms with Crippen LogP contribution in [0, 0.1) is 5.92 Å². The molecule has 3 nitrogen and oxygen atoms in total. The van der Waals surface area contributed by atoms with Gasteiger partial charge in [-0.05, 0) is 58.5 Å². The predicted molar refractivity (Wildman–Crippen MR) is 90.0 cm³/mol. The summed E-state index contributed by atoms with van der Waals surface area (Å²) in [6.45, 7) is 1.29. The van der Waals surface area contributed by atoms with Gasteiger partial charge in [-0.15, -0.1) is 0 Å². The Morgan fingerprint density at radius 1 is 1.18 bits per heavy atom. The van der Waals surface area contributed by atoms with Gasteiger partial charge in [-0.3, -0.25) is 4.79 Å². The molecule has 0 unspecified atom stereocenters. The highest BCUT2D eigenvalue weighted by molar-refractivity contribution is 9.10. The molecule has 0 bridgehead atoms. The second kappa shape index (κ2) is 6.97. The van der Waals surface area contributed by atoms with Gasteiger partial charge in [-0.1, -0.05) is 30.3 Å². The third kappa shape index (κ3) is 4.10. The number of halogens is 1. The molecule has 1 amide bonds. The Hall–Kier alpha value is -1.81. The van der Waals surface area contributed by atoms with Crippen LogP contribution < -0.4 is 10.1 Å². The zero-order valence-electron chi connectivity index (χ0n) is 12.2. The quantitative estimate of drug-likeness (QED) is 0.840. The van der Waals surface area contributed by atoms with E-state index in [1.165, 1.54) is 12.8 Å². The molecule has 1 aliphatic carbocycles. The van der Waals surface area contributed by atoms with Gasteiger partial charge in [0, 0.05) is 11.0 Å². The first kappa shape index (κ1) is 15.1. The number of hydrogen-bond donors (Lipinski definition) is 1. The Kier molecular flexibility index (Phi) is 4.78. The van der Waals surface area contributed by atoms with Crippen molar-refractivity contribution < 1.29 is 9.53 Å². The van der Waals surface area contributed by atoms with Crippen LogP contribution in [0.3, 0.4) is 0 Å². The van der Waals surface area contributed by atoms with E-state index in [0.29, 0.717) is 18.1 Å². The van der Waals surface area contributed by atoms with Crippen molar-refractivity contribution in [2.24, 2.45) is 5.92 Å². The fourth-order valence-electron chi connectivity index (χ4n) is 2.16. The lowest BCUT2D eigenvalue weighted by atomic mass is 10.2. The van der Waals surface area contributed by atoms with Crippen molar-refractivity contribution in [2.75, 3.05) is 6.54 Å². The minimum atomic E-state index is -0.0339. The molecule has 0 radical (unpaired) electrons. The SMILES string of the molecule is O=C(NCC1CC1)c1ccc(OCc2ccccc2)cc1Br. The maximum atomic E-state index is 12.1. The minimum absolute atomic E-state index is 0.0339. The van der Waals surface area contributed by atoms with Crippen molar-refractivity contribution in [3.05, 3.63) is 64.1 Å². The molecule has 3 rings (SSSR count). The van der Waals surface area contributed by atoms with Crippen molar-refractivity contribution in [3.8, 4) is 5.75 Å². The van der Waals surface area contributed by atoms with Crippen LogP contribution in [-0.4, -0.2) is 12.5 Å². The average molecular weight is 360 g/mol. The van der Waals surface area contributed by atoms with Gasteiger partial charge in [0.25, 0.3) is 5.91 Å². The first-order chi connectivity index (χ1) is 10.7. The molecule has 0 saturated heterocycles. The molecule has 1 fully saturated rings. The zero-order valence-corrected chi connectivity index (χ0v) is 13.8. The second-order valence-corrected chi connectivity index (χ2v) is 6.42. The van der Waals surface area contributed by atoms with Crippen LogP contribution in [0.15, 0.2) is 53.0 Å². The van der Waals surface area contributed by atoms with Gasteiger partial charge >= 0.3 is 0 Å². The number of amides is 1. The van der Waals surface area contributed by atoms with Crippen molar-refractivity contribution in [2.45, 2.75) is 19.4 Å². The lowest BCUT2D eigenvalue weighted by Crippen LogP contribution is -2.25. The highest BCUT2D eigenvalue weighted by atomic mass is 79.9. The fourth-order valence-corrected chi connectivity index (χ4v) is 2.70. The van der Waals surface area contributed by atoms with Crippen LogP contribution in [0.2, 0.25) is 0 Å². The first-order valence-corrected chi connectivity index (χ1v) is 8.26. The highest BCUT2D eigenvalue weighted by Gasteiger charge is 2.22. The van der Waals surface area contributed by atoms with E-state index in [2.05, 4.69) is 21.2 Å². The van der Waals surface area contributed by atoms with Gasteiger partial charge < -0.3 is 10.1 Å². The largest absolute Gasteiger partial charge is 0.489 e. The summed E-state index contributed by atoms with van der Waals surface area (Å²) in [6, 6.07) is 15.5. The van der Waals surface area contributed by atoms with Gasteiger partial charge in [0.05, 0.1) is 5.56 Å². The van der Waals surface area contributed by atoms with E-state index in [9.17, 15) is 4.79 Å². The molecule has 114 valence electrons. The maximum absolute atomic E-state index is 12.1. The summed E-state index contributed by atoms with van der Waals surface area (Å²) in [5.74, 6) is 1.39. The Labute approximate surface area is 138 Å². The molecule has 2 aromatic rings. The molecule has 1 saturated carbocycles. The first-order valence-electron chi connectivity index (χ1n) is 7.47. The van der Waals surface area contributed by atoms with E-state index in [4.69, 9.17) is 4.74 Å². The van der Waals surface area contributed by atoms with Crippen molar-refractivity contribution in [1.29, 1.82) is 0 Å². The van der Waals surface area contributed by atoms with E-state index in [0.717, 1.165) is 22.3 Å². The number of carbonyl (C=O) groups is 1. The summed E-state index contributed by atoms with van der Waals surface area (Å²) in [5, 5.41) is 2.97. The zero-order chi connectivity index (χ0) is 15.4. The topological polar surface area (TPSA) is 38.3 Å². The van der Waals surface area contributed by atoms with Gasteiger partial charge in [-0.2, -0.15) is 0 Å². The number of benzene rings is 2. The van der Waals surface area contributed by atoms with E-state index in [1.807, 2.05) is 42.5 Å². The molecule has 1 aliphatic rings. The van der Waals surface area contributed by atoms with Crippen LogP contribution in [0.5, 0.6) is 5.75 Å². The molecule has 0 aliphatic heterocycles. The predicted octanol–water partition coefficient (Wildman–Crippen LogP) is 4.17. The lowest BCUT2D eigenvalue weighted by Gasteiger charge is -2.10. The molecule has 1 N–H and O–H groups in total. The fraction of sp³-hybridized carbons (Fsp3) is 0.278. The van der Waals surface area contributed by atoms with Crippen molar-refractivity contribution in [3.63, 3.8) is 0 Å². The van der Waals surface area contributed by atoms with Crippen LogP contribution in [0.1, 0.15) is 28.8 Å². The van der Waals surface area contributed by atoms with E-state index < -0.39 is 0 Å². The summed E-state index contributed by atoms with van der Waals surface area (Å²) in [7, 11) is 0. The number of ether oxygens (including phenoxy) is 1.